The third-order valence-corrected chi connectivity index (χ3v) is 4.51. The number of phenols is 3. The first-order valence-corrected chi connectivity index (χ1v) is 9.60. The Kier molecular flexibility index (Phi) is 9.90. The molecule has 142 valence electrons. The van der Waals surface area contributed by atoms with Gasteiger partial charge < -0.3 is 20.2 Å². The smallest absolute Gasteiger partial charge is 0.168 e. The van der Waals surface area contributed by atoms with Crippen LogP contribution in [0.3, 0.4) is 0 Å². The van der Waals surface area contributed by atoms with Gasteiger partial charge in [0.25, 0.3) is 0 Å². The molecule has 0 fully saturated rings. The van der Waals surface area contributed by atoms with E-state index in [1.54, 1.807) is 25.1 Å². The van der Waals surface area contributed by atoms with Gasteiger partial charge in [0.1, 0.15) is 5.75 Å². The predicted molar refractivity (Wildman–Crippen MR) is 107 cm³/mol. The molecule has 0 heterocycles. The number of rotatable bonds is 12. The third-order valence-electron chi connectivity index (χ3n) is 4.51. The number of phenolic OH excluding ortho intramolecular Hbond substituents is 3. The predicted octanol–water partition coefficient (Wildman–Crippen LogP) is 5.80. The minimum atomic E-state index is -0.272. The molecule has 4 nitrogen and oxygen atoms in total. The zero-order valence-corrected chi connectivity index (χ0v) is 16.1. The van der Waals surface area contributed by atoms with Crippen molar-refractivity contribution >= 4 is 11.8 Å². The molecule has 0 aliphatic carbocycles. The fourth-order valence-corrected chi connectivity index (χ4v) is 2.93. The molecule has 0 bridgehead atoms. The van der Waals surface area contributed by atoms with Gasteiger partial charge in [0.2, 0.25) is 0 Å². The number of aromatic hydroxyl groups is 3. The maximum atomic E-state index is 10.3. The fourth-order valence-electron chi connectivity index (χ4n) is 2.93. The summed E-state index contributed by atoms with van der Waals surface area (Å²) in [6, 6.07) is 1.36. The lowest BCUT2D eigenvalue weighted by atomic mass is 10.1. The summed E-state index contributed by atoms with van der Waals surface area (Å²) < 4.78 is 0. The van der Waals surface area contributed by atoms with Gasteiger partial charge in [-0.1, -0.05) is 70.4 Å². The molecule has 1 aromatic carbocycles. The summed E-state index contributed by atoms with van der Waals surface area (Å²) in [6.07, 6.45) is 16.2. The first-order chi connectivity index (χ1) is 12.0. The number of nitrogens with zero attached hydrogens (tertiary/aromatic N) is 1. The second-order valence-corrected chi connectivity index (χ2v) is 6.94. The Morgan fingerprint density at radius 3 is 1.96 bits per heavy atom. The molecule has 0 spiro atoms. The highest BCUT2D eigenvalue weighted by Crippen LogP contribution is 2.43. The monoisotopic (exact) mass is 349 g/mol. The van der Waals surface area contributed by atoms with Crippen molar-refractivity contribution in [2.24, 2.45) is 0 Å². The SMILES string of the molecule is CCCCCCCCCCC/C=C/c1c(O)c(O)cc(N(C)C)c1O. The van der Waals surface area contributed by atoms with E-state index in [4.69, 9.17) is 0 Å². The summed E-state index contributed by atoms with van der Waals surface area (Å²) in [5, 5.41) is 30.0. The molecule has 0 saturated carbocycles. The molecule has 0 unspecified atom stereocenters. The summed E-state index contributed by atoms with van der Waals surface area (Å²) in [7, 11) is 3.56. The van der Waals surface area contributed by atoms with Gasteiger partial charge in [-0.15, -0.1) is 0 Å². The van der Waals surface area contributed by atoms with Crippen LogP contribution in [0.4, 0.5) is 5.69 Å². The van der Waals surface area contributed by atoms with E-state index in [1.165, 1.54) is 57.4 Å². The van der Waals surface area contributed by atoms with E-state index in [2.05, 4.69) is 6.92 Å². The summed E-state index contributed by atoms with van der Waals surface area (Å²) in [5.74, 6) is -0.501. The van der Waals surface area contributed by atoms with Crippen LogP contribution in [0.1, 0.15) is 76.7 Å². The standard InChI is InChI=1S/C21H35NO3/c1-4-5-6-7-8-9-10-11-12-13-14-15-17-20(24)18(22(2)3)16-19(23)21(17)25/h14-16,23-25H,4-13H2,1-3H3/b15-14+. The zero-order chi connectivity index (χ0) is 18.7. The van der Waals surface area contributed by atoms with Gasteiger partial charge in [-0.25, -0.2) is 0 Å². The molecule has 4 heteroatoms. The van der Waals surface area contributed by atoms with Crippen LogP contribution >= 0.6 is 0 Å². The van der Waals surface area contributed by atoms with Crippen molar-refractivity contribution < 1.29 is 15.3 Å². The van der Waals surface area contributed by atoms with Gasteiger partial charge in [-0.3, -0.25) is 0 Å². The van der Waals surface area contributed by atoms with Crippen LogP contribution in [0.15, 0.2) is 12.1 Å². The topological polar surface area (TPSA) is 63.9 Å². The normalized spacial score (nSPS) is 11.3. The van der Waals surface area contributed by atoms with E-state index in [0.29, 0.717) is 5.69 Å². The first kappa shape index (κ1) is 21.2. The Labute approximate surface area is 152 Å². The van der Waals surface area contributed by atoms with E-state index < -0.39 is 0 Å². The van der Waals surface area contributed by atoms with Crippen molar-refractivity contribution in [3.05, 3.63) is 17.7 Å². The maximum absolute atomic E-state index is 10.3. The van der Waals surface area contributed by atoms with Gasteiger partial charge in [-0.2, -0.15) is 0 Å². The third kappa shape index (κ3) is 7.29. The van der Waals surface area contributed by atoms with E-state index in [0.717, 1.165) is 12.8 Å². The number of anilines is 1. The Balaban J connectivity index is 2.37. The molecule has 25 heavy (non-hydrogen) atoms. The first-order valence-electron chi connectivity index (χ1n) is 9.60. The molecule has 1 aromatic rings. The summed E-state index contributed by atoms with van der Waals surface area (Å²) in [4.78, 5) is 1.70. The number of hydrogen-bond donors (Lipinski definition) is 3. The van der Waals surface area contributed by atoms with Gasteiger partial charge in [0.15, 0.2) is 11.5 Å². The van der Waals surface area contributed by atoms with Gasteiger partial charge in [-0.05, 0) is 12.8 Å². The molecule has 1 rings (SSSR count). The Morgan fingerprint density at radius 1 is 0.840 bits per heavy atom. The molecule has 0 aliphatic heterocycles. The van der Waals surface area contributed by atoms with Crippen LogP contribution < -0.4 is 4.90 Å². The van der Waals surface area contributed by atoms with Crippen LogP contribution in [0.25, 0.3) is 6.08 Å². The summed E-state index contributed by atoms with van der Waals surface area (Å²) in [6.45, 7) is 2.24. The highest BCUT2D eigenvalue weighted by Gasteiger charge is 2.16. The molecule has 0 atom stereocenters. The minimum Gasteiger partial charge on any atom is -0.505 e. The maximum Gasteiger partial charge on any atom is 0.168 e. The second-order valence-electron chi connectivity index (χ2n) is 6.94. The number of hydrogen-bond acceptors (Lipinski definition) is 4. The molecule has 0 radical (unpaired) electrons. The fraction of sp³-hybridized carbons (Fsp3) is 0.619. The van der Waals surface area contributed by atoms with Crippen molar-refractivity contribution in [1.82, 2.24) is 0 Å². The van der Waals surface area contributed by atoms with Crippen LogP contribution in [0.2, 0.25) is 0 Å². The number of allylic oxidation sites excluding steroid dienone is 1. The Hall–Kier alpha value is -1.84. The number of unbranched alkanes of at least 4 members (excludes halogenated alkanes) is 9. The van der Waals surface area contributed by atoms with Crippen molar-refractivity contribution in [2.45, 2.75) is 71.1 Å². The van der Waals surface area contributed by atoms with E-state index in [1.807, 2.05) is 6.08 Å². The van der Waals surface area contributed by atoms with E-state index in [-0.39, 0.29) is 22.8 Å². The second kappa shape index (κ2) is 11.7. The molecule has 0 saturated heterocycles. The van der Waals surface area contributed by atoms with E-state index >= 15 is 0 Å². The largest absolute Gasteiger partial charge is 0.505 e. The summed E-state index contributed by atoms with van der Waals surface area (Å²) >= 11 is 0. The van der Waals surface area contributed by atoms with Crippen molar-refractivity contribution in [1.29, 1.82) is 0 Å². The van der Waals surface area contributed by atoms with E-state index in [9.17, 15) is 15.3 Å². The molecule has 3 N–H and O–H groups in total. The molecular formula is C21H35NO3. The lowest BCUT2D eigenvalue weighted by molar-refractivity contribution is 0.395. The molecule has 0 aromatic heterocycles. The van der Waals surface area contributed by atoms with Crippen LogP contribution in [-0.2, 0) is 0 Å². The lowest BCUT2D eigenvalue weighted by Gasteiger charge is -2.17. The molecule has 0 amide bonds. The van der Waals surface area contributed by atoms with Crippen LogP contribution in [0.5, 0.6) is 17.2 Å². The van der Waals surface area contributed by atoms with Gasteiger partial charge in [0.05, 0.1) is 11.3 Å². The Morgan fingerprint density at radius 2 is 1.40 bits per heavy atom. The van der Waals surface area contributed by atoms with Crippen molar-refractivity contribution in [3.63, 3.8) is 0 Å². The zero-order valence-electron chi connectivity index (χ0n) is 16.1. The van der Waals surface area contributed by atoms with Crippen molar-refractivity contribution in [3.8, 4) is 17.2 Å². The summed E-state index contributed by atoms with van der Waals surface area (Å²) in [5.41, 5.74) is 0.762. The van der Waals surface area contributed by atoms with Crippen molar-refractivity contribution in [2.75, 3.05) is 19.0 Å². The van der Waals surface area contributed by atoms with Crippen LogP contribution in [-0.4, -0.2) is 29.4 Å². The Bertz CT molecular complexity index is 538. The quantitative estimate of drug-likeness (QED) is 0.253. The van der Waals surface area contributed by atoms with Gasteiger partial charge in [0, 0.05) is 20.2 Å². The minimum absolute atomic E-state index is 0.0105. The molecular weight excluding hydrogens is 314 g/mol. The van der Waals surface area contributed by atoms with Gasteiger partial charge >= 0.3 is 0 Å². The van der Waals surface area contributed by atoms with Crippen LogP contribution in [0, 0.1) is 0 Å². The highest BCUT2D eigenvalue weighted by atomic mass is 16.3. The number of benzene rings is 1. The molecule has 0 aliphatic rings. The average molecular weight is 350 g/mol. The average Bonchev–Trinajstić information content (AvgIpc) is 2.58. The lowest BCUT2D eigenvalue weighted by Crippen LogP contribution is -2.09. The highest BCUT2D eigenvalue weighted by molar-refractivity contribution is 5.77.